The number of hydrogen-bond donors (Lipinski definition) is 1. The Morgan fingerprint density at radius 2 is 1.60 bits per heavy atom. The molecule has 4 nitrogen and oxygen atoms in total. The summed E-state index contributed by atoms with van der Waals surface area (Å²) in [6.45, 7) is 2.23. The van der Waals surface area contributed by atoms with Crippen LogP contribution in [-0.4, -0.2) is 25.6 Å². The molecule has 0 saturated carbocycles. The third-order valence-corrected chi connectivity index (χ3v) is 4.83. The Morgan fingerprint density at radius 1 is 0.960 bits per heavy atom. The first-order valence-electron chi connectivity index (χ1n) is 8.74. The number of halogens is 1. The fourth-order valence-corrected chi connectivity index (χ4v) is 3.23. The molecule has 0 aromatic heterocycles. The van der Waals surface area contributed by atoms with Gasteiger partial charge in [-0.1, -0.05) is 28.8 Å². The van der Waals surface area contributed by atoms with Gasteiger partial charge in [-0.3, -0.25) is 4.79 Å². The Morgan fingerprint density at radius 3 is 2.24 bits per heavy atom. The predicted octanol–water partition coefficient (Wildman–Crippen LogP) is 4.85. The van der Waals surface area contributed by atoms with E-state index in [2.05, 4.69) is 38.3 Å². The summed E-state index contributed by atoms with van der Waals surface area (Å²) in [7, 11) is 0. The normalized spacial score (nSPS) is 14.7. The zero-order valence-electron chi connectivity index (χ0n) is 14.2. The lowest BCUT2D eigenvalue weighted by Gasteiger charge is -2.22. The molecular formula is C20H23BrN2O2. The van der Waals surface area contributed by atoms with Gasteiger partial charge in [0, 0.05) is 28.9 Å². The van der Waals surface area contributed by atoms with Gasteiger partial charge in [-0.15, -0.1) is 0 Å². The first-order valence-corrected chi connectivity index (χ1v) is 9.53. The third-order valence-electron chi connectivity index (χ3n) is 4.31. The number of ether oxygens (including phenoxy) is 1. The number of nitrogens with one attached hydrogen (secondary N) is 1. The Labute approximate surface area is 157 Å². The second kappa shape index (κ2) is 8.90. The number of carbonyl (C=O) groups is 1. The van der Waals surface area contributed by atoms with Gasteiger partial charge in [-0.05, 0) is 61.4 Å². The molecule has 0 unspecified atom stereocenters. The summed E-state index contributed by atoms with van der Waals surface area (Å²) in [6, 6.07) is 15.5. The van der Waals surface area contributed by atoms with Gasteiger partial charge in [0.15, 0.2) is 6.61 Å². The minimum absolute atomic E-state index is 0.00446. The van der Waals surface area contributed by atoms with E-state index >= 15 is 0 Å². The quantitative estimate of drug-likeness (QED) is 0.776. The number of hydrogen-bond acceptors (Lipinski definition) is 3. The first kappa shape index (κ1) is 17.8. The monoisotopic (exact) mass is 402 g/mol. The van der Waals surface area contributed by atoms with Gasteiger partial charge in [0.1, 0.15) is 5.75 Å². The van der Waals surface area contributed by atoms with Crippen molar-refractivity contribution in [2.45, 2.75) is 25.7 Å². The molecule has 2 aromatic rings. The van der Waals surface area contributed by atoms with Gasteiger partial charge >= 0.3 is 0 Å². The van der Waals surface area contributed by atoms with Gasteiger partial charge in [0.25, 0.3) is 5.91 Å². The molecule has 2 aromatic carbocycles. The van der Waals surface area contributed by atoms with Crippen molar-refractivity contribution < 1.29 is 9.53 Å². The number of amides is 1. The summed E-state index contributed by atoms with van der Waals surface area (Å²) in [6.07, 6.45) is 5.16. The van der Waals surface area contributed by atoms with Crippen LogP contribution >= 0.6 is 15.9 Å². The fraction of sp³-hybridized carbons (Fsp3) is 0.350. The molecule has 0 aliphatic carbocycles. The molecular weight excluding hydrogens is 380 g/mol. The van der Waals surface area contributed by atoms with E-state index in [1.54, 1.807) is 0 Å². The van der Waals surface area contributed by atoms with Crippen LogP contribution in [-0.2, 0) is 4.79 Å². The first-order chi connectivity index (χ1) is 12.2. The minimum atomic E-state index is -0.162. The fourth-order valence-electron chi connectivity index (χ4n) is 2.96. The van der Waals surface area contributed by atoms with E-state index in [9.17, 15) is 4.79 Å². The average molecular weight is 403 g/mol. The minimum Gasteiger partial charge on any atom is -0.484 e. The number of rotatable bonds is 5. The predicted molar refractivity (Wildman–Crippen MR) is 105 cm³/mol. The highest BCUT2D eigenvalue weighted by molar-refractivity contribution is 9.10. The van der Waals surface area contributed by atoms with E-state index in [1.807, 2.05) is 36.4 Å². The van der Waals surface area contributed by atoms with Crippen molar-refractivity contribution in [1.29, 1.82) is 0 Å². The Kier molecular flexibility index (Phi) is 6.34. The zero-order valence-corrected chi connectivity index (χ0v) is 15.8. The number of anilines is 2. The summed E-state index contributed by atoms with van der Waals surface area (Å²) < 4.78 is 6.47. The summed E-state index contributed by atoms with van der Waals surface area (Å²) in [4.78, 5) is 14.5. The van der Waals surface area contributed by atoms with Gasteiger partial charge in [0.2, 0.25) is 0 Å². The largest absolute Gasteiger partial charge is 0.484 e. The molecule has 1 heterocycles. The maximum Gasteiger partial charge on any atom is 0.262 e. The molecule has 1 amide bonds. The van der Waals surface area contributed by atoms with Crippen LogP contribution in [0.4, 0.5) is 11.4 Å². The molecule has 0 radical (unpaired) electrons. The van der Waals surface area contributed by atoms with Crippen LogP contribution in [0.2, 0.25) is 0 Å². The van der Waals surface area contributed by atoms with E-state index in [-0.39, 0.29) is 12.5 Å². The number of benzene rings is 2. The molecule has 1 aliphatic rings. The lowest BCUT2D eigenvalue weighted by Crippen LogP contribution is -2.24. The number of carbonyl (C=O) groups excluding carboxylic acids is 1. The Bertz CT molecular complexity index is 678. The molecule has 0 spiro atoms. The van der Waals surface area contributed by atoms with Crippen molar-refractivity contribution in [2.75, 3.05) is 29.9 Å². The molecule has 25 heavy (non-hydrogen) atoms. The van der Waals surface area contributed by atoms with Crippen LogP contribution in [0.3, 0.4) is 0 Å². The SMILES string of the molecule is O=C(COc1ccc(Br)cc1)Nc1ccc(N2CCCCCC2)cc1. The summed E-state index contributed by atoms with van der Waals surface area (Å²) in [5.74, 6) is 0.514. The zero-order chi connectivity index (χ0) is 17.5. The molecule has 1 aliphatic heterocycles. The molecule has 0 atom stereocenters. The third kappa shape index (κ3) is 5.49. The van der Waals surface area contributed by atoms with Crippen molar-refractivity contribution in [3.63, 3.8) is 0 Å². The molecule has 1 N–H and O–H groups in total. The average Bonchev–Trinajstić information content (AvgIpc) is 2.91. The summed E-state index contributed by atoms with van der Waals surface area (Å²) in [5, 5.41) is 2.87. The highest BCUT2D eigenvalue weighted by atomic mass is 79.9. The van der Waals surface area contributed by atoms with E-state index in [4.69, 9.17) is 4.74 Å². The van der Waals surface area contributed by atoms with Crippen molar-refractivity contribution >= 4 is 33.2 Å². The highest BCUT2D eigenvalue weighted by Crippen LogP contribution is 2.21. The topological polar surface area (TPSA) is 41.6 Å². The van der Waals surface area contributed by atoms with Crippen molar-refractivity contribution in [2.24, 2.45) is 0 Å². The lowest BCUT2D eigenvalue weighted by molar-refractivity contribution is -0.118. The highest BCUT2D eigenvalue weighted by Gasteiger charge is 2.10. The van der Waals surface area contributed by atoms with Crippen LogP contribution in [0.15, 0.2) is 53.0 Å². The molecule has 132 valence electrons. The summed E-state index contributed by atoms with van der Waals surface area (Å²) in [5.41, 5.74) is 2.02. The second-order valence-electron chi connectivity index (χ2n) is 6.24. The molecule has 1 fully saturated rings. The van der Waals surface area contributed by atoms with Gasteiger partial charge in [-0.2, -0.15) is 0 Å². The van der Waals surface area contributed by atoms with Crippen LogP contribution in [0, 0.1) is 0 Å². The Balaban J connectivity index is 1.50. The molecule has 0 bridgehead atoms. The maximum atomic E-state index is 12.0. The van der Waals surface area contributed by atoms with Gasteiger partial charge < -0.3 is 15.0 Å². The van der Waals surface area contributed by atoms with E-state index in [1.165, 1.54) is 31.4 Å². The molecule has 1 saturated heterocycles. The molecule has 3 rings (SSSR count). The lowest BCUT2D eigenvalue weighted by atomic mass is 10.2. The van der Waals surface area contributed by atoms with Gasteiger partial charge in [0.05, 0.1) is 0 Å². The molecule has 5 heteroatoms. The van der Waals surface area contributed by atoms with Crippen molar-refractivity contribution in [1.82, 2.24) is 0 Å². The van der Waals surface area contributed by atoms with Crippen LogP contribution < -0.4 is 15.0 Å². The van der Waals surface area contributed by atoms with E-state index in [0.717, 1.165) is 23.2 Å². The second-order valence-corrected chi connectivity index (χ2v) is 7.15. The smallest absolute Gasteiger partial charge is 0.262 e. The maximum absolute atomic E-state index is 12.0. The van der Waals surface area contributed by atoms with E-state index < -0.39 is 0 Å². The van der Waals surface area contributed by atoms with E-state index in [0.29, 0.717) is 5.75 Å². The number of nitrogens with zero attached hydrogens (tertiary/aromatic N) is 1. The Hall–Kier alpha value is -2.01. The van der Waals surface area contributed by atoms with Crippen LogP contribution in [0.25, 0.3) is 0 Å². The van der Waals surface area contributed by atoms with Crippen molar-refractivity contribution in [3.8, 4) is 5.75 Å². The van der Waals surface area contributed by atoms with Crippen molar-refractivity contribution in [3.05, 3.63) is 53.0 Å². The standard InChI is InChI=1S/C20H23BrN2O2/c21-16-5-11-19(12-6-16)25-15-20(24)22-17-7-9-18(10-8-17)23-13-3-1-2-4-14-23/h5-12H,1-4,13-15H2,(H,22,24). The summed E-state index contributed by atoms with van der Waals surface area (Å²) >= 11 is 3.37. The van der Waals surface area contributed by atoms with Gasteiger partial charge in [-0.25, -0.2) is 0 Å². The van der Waals surface area contributed by atoms with Crippen LogP contribution in [0.1, 0.15) is 25.7 Å². The van der Waals surface area contributed by atoms with Crippen LogP contribution in [0.5, 0.6) is 5.75 Å².